The van der Waals surface area contributed by atoms with Gasteiger partial charge in [0, 0.05) is 19.0 Å². The lowest BCUT2D eigenvalue weighted by Gasteiger charge is -2.28. The molecule has 0 saturated carbocycles. The van der Waals surface area contributed by atoms with E-state index in [1.54, 1.807) is 0 Å². The van der Waals surface area contributed by atoms with E-state index < -0.39 is 0 Å². The fourth-order valence-corrected chi connectivity index (χ4v) is 3.64. The van der Waals surface area contributed by atoms with Crippen molar-refractivity contribution in [3.8, 4) is 0 Å². The van der Waals surface area contributed by atoms with Gasteiger partial charge in [0.05, 0.1) is 6.04 Å². The van der Waals surface area contributed by atoms with Crippen molar-refractivity contribution in [1.29, 1.82) is 0 Å². The Morgan fingerprint density at radius 1 is 1.18 bits per heavy atom. The fraction of sp³-hybridized carbons (Fsp3) is 0.526. The van der Waals surface area contributed by atoms with Crippen molar-refractivity contribution >= 4 is 5.91 Å². The number of rotatable bonds is 4. The largest absolute Gasteiger partial charge is 0.335 e. The molecule has 1 atom stereocenters. The summed E-state index contributed by atoms with van der Waals surface area (Å²) >= 11 is 0. The highest BCUT2D eigenvalue weighted by atomic mass is 16.2. The topological polar surface area (TPSA) is 23.6 Å². The van der Waals surface area contributed by atoms with E-state index in [1.165, 1.54) is 11.1 Å². The zero-order chi connectivity index (χ0) is 15.5. The minimum absolute atomic E-state index is 0.189. The molecule has 2 aliphatic rings. The van der Waals surface area contributed by atoms with Gasteiger partial charge in [0.2, 0.25) is 5.91 Å². The van der Waals surface area contributed by atoms with Crippen LogP contribution in [0.2, 0.25) is 0 Å². The maximum absolute atomic E-state index is 12.7. The molecule has 1 amide bonds. The van der Waals surface area contributed by atoms with Gasteiger partial charge >= 0.3 is 0 Å². The highest BCUT2D eigenvalue weighted by molar-refractivity contribution is 5.80. The van der Waals surface area contributed by atoms with Crippen LogP contribution >= 0.6 is 0 Å². The van der Waals surface area contributed by atoms with E-state index in [-0.39, 0.29) is 12.0 Å². The zero-order valence-electron chi connectivity index (χ0n) is 13.7. The molecule has 1 saturated heterocycles. The molecular weight excluding hydrogens is 272 g/mol. The third-order valence-corrected chi connectivity index (χ3v) is 4.76. The summed E-state index contributed by atoms with van der Waals surface area (Å²) in [6.07, 6.45) is 8.34. The summed E-state index contributed by atoms with van der Waals surface area (Å²) in [5, 5.41) is 0. The van der Waals surface area contributed by atoms with E-state index in [1.807, 2.05) is 0 Å². The van der Waals surface area contributed by atoms with Crippen LogP contribution < -0.4 is 0 Å². The first kappa shape index (κ1) is 15.3. The van der Waals surface area contributed by atoms with Gasteiger partial charge in [0.15, 0.2) is 0 Å². The first-order valence-electron chi connectivity index (χ1n) is 8.34. The van der Waals surface area contributed by atoms with Gasteiger partial charge in [-0.1, -0.05) is 36.4 Å². The molecule has 1 unspecified atom stereocenters. The number of likely N-dealkylation sites (tertiary alicyclic amines) is 1. The monoisotopic (exact) mass is 298 g/mol. The van der Waals surface area contributed by atoms with Crippen molar-refractivity contribution in [2.24, 2.45) is 5.92 Å². The van der Waals surface area contributed by atoms with E-state index in [2.05, 4.69) is 60.3 Å². The van der Waals surface area contributed by atoms with E-state index in [0.717, 1.165) is 38.8 Å². The minimum atomic E-state index is 0.189. The molecule has 1 aromatic rings. The molecule has 3 heteroatoms. The predicted octanol–water partition coefficient (Wildman–Crippen LogP) is 3.38. The number of benzene rings is 1. The minimum Gasteiger partial charge on any atom is -0.335 e. The highest BCUT2D eigenvalue weighted by Gasteiger charge is 2.33. The summed E-state index contributed by atoms with van der Waals surface area (Å²) in [6.45, 7) is 1.88. The highest BCUT2D eigenvalue weighted by Crippen LogP contribution is 2.35. The Morgan fingerprint density at radius 3 is 2.50 bits per heavy atom. The average molecular weight is 298 g/mol. The van der Waals surface area contributed by atoms with Gasteiger partial charge in [0.25, 0.3) is 0 Å². The normalized spacial score (nSPS) is 22.0. The third-order valence-electron chi connectivity index (χ3n) is 4.76. The van der Waals surface area contributed by atoms with E-state index >= 15 is 0 Å². The zero-order valence-corrected chi connectivity index (χ0v) is 13.7. The van der Waals surface area contributed by atoms with Gasteiger partial charge in [-0.05, 0) is 50.9 Å². The first-order chi connectivity index (χ1) is 10.6. The quantitative estimate of drug-likeness (QED) is 0.796. The molecule has 1 heterocycles. The molecule has 1 aromatic carbocycles. The molecule has 1 aliphatic heterocycles. The second-order valence-electron chi connectivity index (χ2n) is 6.81. The van der Waals surface area contributed by atoms with Crippen LogP contribution in [0.15, 0.2) is 36.4 Å². The van der Waals surface area contributed by atoms with Crippen molar-refractivity contribution in [1.82, 2.24) is 9.80 Å². The number of carbonyl (C=O) groups excluding carboxylic acids is 1. The van der Waals surface area contributed by atoms with Crippen LogP contribution in [0.1, 0.15) is 42.9 Å². The average Bonchev–Trinajstić information content (AvgIpc) is 3.18. The van der Waals surface area contributed by atoms with Crippen molar-refractivity contribution in [2.75, 3.05) is 20.6 Å². The smallest absolute Gasteiger partial charge is 0.226 e. The number of hydrogen-bond donors (Lipinski definition) is 0. The predicted molar refractivity (Wildman–Crippen MR) is 89.4 cm³/mol. The maximum atomic E-state index is 12.7. The third kappa shape index (κ3) is 3.25. The number of allylic oxidation sites excluding steroid dienone is 2. The van der Waals surface area contributed by atoms with Crippen LogP contribution in [0.5, 0.6) is 0 Å². The van der Waals surface area contributed by atoms with Crippen molar-refractivity contribution in [2.45, 2.75) is 38.3 Å². The van der Waals surface area contributed by atoms with Crippen molar-refractivity contribution in [3.63, 3.8) is 0 Å². The van der Waals surface area contributed by atoms with Crippen LogP contribution in [0.4, 0.5) is 0 Å². The second kappa shape index (κ2) is 6.66. The van der Waals surface area contributed by atoms with Crippen LogP contribution in [0, 0.1) is 5.92 Å². The molecule has 0 N–H and O–H groups in total. The number of hydrogen-bond acceptors (Lipinski definition) is 2. The van der Waals surface area contributed by atoms with Crippen LogP contribution in [0.3, 0.4) is 0 Å². The maximum Gasteiger partial charge on any atom is 0.226 e. The summed E-state index contributed by atoms with van der Waals surface area (Å²) in [4.78, 5) is 17.0. The van der Waals surface area contributed by atoms with E-state index in [0.29, 0.717) is 5.91 Å². The molecule has 0 bridgehead atoms. The summed E-state index contributed by atoms with van der Waals surface area (Å²) in [5.74, 6) is 0.540. The molecular formula is C19H26N2O. The Morgan fingerprint density at radius 2 is 1.86 bits per heavy atom. The Bertz CT molecular complexity index is 539. The van der Waals surface area contributed by atoms with Gasteiger partial charge in [0.1, 0.15) is 0 Å². The fourth-order valence-electron chi connectivity index (χ4n) is 3.64. The number of amides is 1. The van der Waals surface area contributed by atoms with Gasteiger partial charge in [-0.15, -0.1) is 0 Å². The van der Waals surface area contributed by atoms with Gasteiger partial charge in [-0.25, -0.2) is 0 Å². The van der Waals surface area contributed by atoms with Crippen LogP contribution in [-0.4, -0.2) is 36.3 Å². The Labute approximate surface area is 133 Å². The molecule has 3 rings (SSSR count). The summed E-state index contributed by atoms with van der Waals surface area (Å²) in [6, 6.07) is 9.10. The SMILES string of the molecule is CN(C)Cc1ccc(C2CCCN2C(=O)C2CC=CC2)cc1. The van der Waals surface area contributed by atoms with E-state index in [9.17, 15) is 4.79 Å². The molecule has 0 spiro atoms. The lowest BCUT2D eigenvalue weighted by molar-refractivity contribution is -0.136. The molecule has 0 radical (unpaired) electrons. The first-order valence-corrected chi connectivity index (χ1v) is 8.34. The number of carbonyl (C=O) groups is 1. The van der Waals surface area contributed by atoms with Crippen molar-refractivity contribution < 1.29 is 4.79 Å². The summed E-state index contributed by atoms with van der Waals surface area (Å²) in [7, 11) is 4.17. The molecule has 3 nitrogen and oxygen atoms in total. The van der Waals surface area contributed by atoms with Gasteiger partial charge in [-0.2, -0.15) is 0 Å². The van der Waals surface area contributed by atoms with E-state index in [4.69, 9.17) is 0 Å². The summed E-state index contributed by atoms with van der Waals surface area (Å²) < 4.78 is 0. The lowest BCUT2D eigenvalue weighted by Crippen LogP contribution is -2.34. The Hall–Kier alpha value is -1.61. The van der Waals surface area contributed by atoms with Crippen molar-refractivity contribution in [3.05, 3.63) is 47.5 Å². The summed E-state index contributed by atoms with van der Waals surface area (Å²) in [5.41, 5.74) is 2.61. The number of nitrogens with zero attached hydrogens (tertiary/aromatic N) is 2. The standard InChI is InChI=1S/C19H26N2O/c1-20(2)14-15-9-11-16(12-10-15)18-8-5-13-21(18)19(22)17-6-3-4-7-17/h3-4,9-12,17-18H,5-8,13-14H2,1-2H3. The molecule has 22 heavy (non-hydrogen) atoms. The van der Waals surface area contributed by atoms with Crippen LogP contribution in [-0.2, 0) is 11.3 Å². The molecule has 1 fully saturated rings. The second-order valence-corrected chi connectivity index (χ2v) is 6.81. The Kier molecular flexibility index (Phi) is 4.63. The van der Waals surface area contributed by atoms with Gasteiger partial charge < -0.3 is 9.80 Å². The molecule has 118 valence electrons. The molecule has 1 aliphatic carbocycles. The van der Waals surface area contributed by atoms with Crippen LogP contribution in [0.25, 0.3) is 0 Å². The molecule has 0 aromatic heterocycles. The Balaban J connectivity index is 1.71. The van der Waals surface area contributed by atoms with Gasteiger partial charge in [-0.3, -0.25) is 4.79 Å². The lowest BCUT2D eigenvalue weighted by atomic mass is 10.0.